The molecule has 1 aliphatic heterocycles. The number of fused-ring (bicyclic) bond motifs is 2. The normalized spacial score (nSPS) is 42.5. The zero-order chi connectivity index (χ0) is 19.4. The lowest BCUT2D eigenvalue weighted by molar-refractivity contribution is -0.164. The second-order valence-corrected chi connectivity index (χ2v) is 8.11. The summed E-state index contributed by atoms with van der Waals surface area (Å²) in [5, 5.41) is 9.65. The van der Waals surface area contributed by atoms with Gasteiger partial charge in [-0.25, -0.2) is 4.79 Å². The molecule has 8 unspecified atom stereocenters. The maximum Gasteiger partial charge on any atom is 0.336 e. The molecule has 1 heterocycles. The fourth-order valence-electron chi connectivity index (χ4n) is 4.80. The van der Waals surface area contributed by atoms with Gasteiger partial charge in [-0.05, 0) is 38.2 Å². The van der Waals surface area contributed by atoms with Crippen molar-refractivity contribution in [1.29, 1.82) is 0 Å². The fraction of sp³-hybridized carbons (Fsp3) is 0.650. The third kappa shape index (κ3) is 2.62. The second-order valence-electron chi connectivity index (χ2n) is 8.11. The molecule has 142 valence electrons. The van der Waals surface area contributed by atoms with Gasteiger partial charge in [0.05, 0.1) is 23.0 Å². The molecule has 2 fully saturated rings. The van der Waals surface area contributed by atoms with E-state index in [1.54, 1.807) is 19.9 Å². The highest BCUT2D eigenvalue weighted by molar-refractivity contribution is 5.99. The van der Waals surface area contributed by atoms with Crippen molar-refractivity contribution in [2.75, 3.05) is 0 Å². The Hall–Kier alpha value is -1.95. The molecular weight excluding hydrogens is 336 g/mol. The van der Waals surface area contributed by atoms with E-state index in [-0.39, 0.29) is 29.2 Å². The molecule has 1 saturated heterocycles. The molecule has 8 atom stereocenters. The van der Waals surface area contributed by atoms with Gasteiger partial charge >= 0.3 is 11.9 Å². The van der Waals surface area contributed by atoms with Gasteiger partial charge in [-0.2, -0.15) is 0 Å². The number of hydrogen-bond donors (Lipinski definition) is 1. The Kier molecular flexibility index (Phi) is 4.59. The van der Waals surface area contributed by atoms with Gasteiger partial charge in [0.1, 0.15) is 12.2 Å². The van der Waals surface area contributed by atoms with Crippen LogP contribution in [-0.4, -0.2) is 41.1 Å². The number of hydrogen-bond acceptors (Lipinski definition) is 6. The molecule has 0 spiro atoms. The summed E-state index contributed by atoms with van der Waals surface area (Å²) < 4.78 is 11.3. The number of aliphatic hydroxyl groups is 1. The predicted octanol–water partition coefficient (Wildman–Crippen LogP) is 1.81. The minimum absolute atomic E-state index is 0.0738. The molecule has 0 bridgehead atoms. The molecule has 0 radical (unpaired) electrons. The summed E-state index contributed by atoms with van der Waals surface area (Å²) in [6.45, 7) is 10.6. The van der Waals surface area contributed by atoms with Crippen molar-refractivity contribution in [2.24, 2.45) is 29.1 Å². The van der Waals surface area contributed by atoms with E-state index in [2.05, 4.69) is 6.58 Å². The van der Waals surface area contributed by atoms with Crippen molar-refractivity contribution in [3.8, 4) is 0 Å². The van der Waals surface area contributed by atoms with E-state index < -0.39 is 41.5 Å². The summed E-state index contributed by atoms with van der Waals surface area (Å²) in [6, 6.07) is 0. The van der Waals surface area contributed by atoms with Gasteiger partial charge in [-0.3, -0.25) is 9.59 Å². The number of ether oxygens (including phenoxy) is 2. The minimum atomic E-state index is -1.05. The average Bonchev–Trinajstić information content (AvgIpc) is 2.99. The van der Waals surface area contributed by atoms with E-state index in [1.165, 1.54) is 6.92 Å². The molecule has 3 rings (SSSR count). The highest BCUT2D eigenvalue weighted by Gasteiger charge is 2.62. The maximum absolute atomic E-state index is 12.8. The summed E-state index contributed by atoms with van der Waals surface area (Å²) in [4.78, 5) is 37.5. The van der Waals surface area contributed by atoms with Crippen LogP contribution in [0.25, 0.3) is 0 Å². The van der Waals surface area contributed by atoms with Crippen LogP contribution >= 0.6 is 0 Å². The van der Waals surface area contributed by atoms with Crippen LogP contribution in [0.3, 0.4) is 0 Å². The lowest BCUT2D eigenvalue weighted by Gasteiger charge is -2.40. The second kappa shape index (κ2) is 6.34. The highest BCUT2D eigenvalue weighted by atomic mass is 16.6. The largest absolute Gasteiger partial charge is 0.462 e. The maximum atomic E-state index is 12.8. The fourth-order valence-corrected chi connectivity index (χ4v) is 4.80. The molecule has 0 amide bonds. The van der Waals surface area contributed by atoms with E-state index >= 15 is 0 Å². The lowest BCUT2D eigenvalue weighted by Crippen LogP contribution is -2.50. The molecule has 1 saturated carbocycles. The van der Waals surface area contributed by atoms with E-state index in [9.17, 15) is 19.5 Å². The number of ketones is 1. The van der Waals surface area contributed by atoms with E-state index in [4.69, 9.17) is 9.47 Å². The third-order valence-electron chi connectivity index (χ3n) is 6.48. The number of allylic oxidation sites excluding steroid dienone is 2. The van der Waals surface area contributed by atoms with Crippen LogP contribution < -0.4 is 0 Å². The van der Waals surface area contributed by atoms with Crippen LogP contribution in [0.2, 0.25) is 0 Å². The van der Waals surface area contributed by atoms with Crippen molar-refractivity contribution in [3.63, 3.8) is 0 Å². The topological polar surface area (TPSA) is 89.9 Å². The van der Waals surface area contributed by atoms with Crippen LogP contribution in [0, 0.1) is 29.1 Å². The molecular formula is C20H26O6. The van der Waals surface area contributed by atoms with Crippen LogP contribution in [0.4, 0.5) is 0 Å². The van der Waals surface area contributed by atoms with Gasteiger partial charge in [-0.1, -0.05) is 26.5 Å². The summed E-state index contributed by atoms with van der Waals surface area (Å²) in [5.41, 5.74) is -1.04. The van der Waals surface area contributed by atoms with Gasteiger partial charge in [0.2, 0.25) is 0 Å². The Bertz CT molecular complexity index is 692. The molecule has 0 aromatic carbocycles. The van der Waals surface area contributed by atoms with Gasteiger partial charge in [0.25, 0.3) is 0 Å². The summed E-state index contributed by atoms with van der Waals surface area (Å²) in [6.07, 6.45) is 1.77. The monoisotopic (exact) mass is 362 g/mol. The number of esters is 2. The lowest BCUT2D eigenvalue weighted by atomic mass is 9.66. The summed E-state index contributed by atoms with van der Waals surface area (Å²) in [7, 11) is 0. The molecule has 2 aliphatic carbocycles. The summed E-state index contributed by atoms with van der Waals surface area (Å²) in [5.74, 6) is -2.08. The van der Waals surface area contributed by atoms with Gasteiger partial charge in [0.15, 0.2) is 5.78 Å². The molecule has 0 aromatic heterocycles. The van der Waals surface area contributed by atoms with Crippen LogP contribution in [-0.2, 0) is 23.9 Å². The predicted molar refractivity (Wildman–Crippen MR) is 92.8 cm³/mol. The molecule has 6 nitrogen and oxygen atoms in total. The molecule has 3 aliphatic rings. The molecule has 6 heteroatoms. The Morgan fingerprint density at radius 1 is 1.42 bits per heavy atom. The van der Waals surface area contributed by atoms with Crippen LogP contribution in [0.1, 0.15) is 34.1 Å². The first-order valence-electron chi connectivity index (χ1n) is 9.10. The van der Waals surface area contributed by atoms with Crippen molar-refractivity contribution >= 4 is 17.7 Å². The number of carbonyl (C=O) groups excluding carboxylic acids is 3. The first kappa shape index (κ1) is 18.8. The summed E-state index contributed by atoms with van der Waals surface area (Å²) >= 11 is 0. The molecule has 0 aromatic rings. The minimum Gasteiger partial charge on any atom is -0.462 e. The number of carbonyl (C=O) groups is 3. The standard InChI is InChI=1S/C20H26O6/c1-9-8-14-16(11(3)19(24)25-14)17(26-18(23)10(2)12(4)21)20(5)13(9)6-7-15(20)22/h6-7,9,11-14,16-17,21H,2,8H2,1,3-5H3. The van der Waals surface area contributed by atoms with Crippen molar-refractivity contribution in [1.82, 2.24) is 0 Å². The van der Waals surface area contributed by atoms with E-state index in [0.717, 1.165) is 0 Å². The third-order valence-corrected chi connectivity index (χ3v) is 6.48. The van der Waals surface area contributed by atoms with Crippen molar-refractivity contribution < 1.29 is 29.0 Å². The molecule has 26 heavy (non-hydrogen) atoms. The van der Waals surface area contributed by atoms with Crippen molar-refractivity contribution in [2.45, 2.75) is 52.4 Å². The first-order valence-corrected chi connectivity index (χ1v) is 9.10. The Labute approximate surface area is 153 Å². The van der Waals surface area contributed by atoms with E-state index in [0.29, 0.717) is 6.42 Å². The first-order chi connectivity index (χ1) is 12.1. The highest BCUT2D eigenvalue weighted by Crippen LogP contribution is 2.54. The Morgan fingerprint density at radius 2 is 2.08 bits per heavy atom. The molecule has 1 N–H and O–H groups in total. The number of aliphatic hydroxyl groups excluding tert-OH is 1. The average molecular weight is 362 g/mol. The van der Waals surface area contributed by atoms with Gasteiger partial charge in [0, 0.05) is 5.92 Å². The smallest absolute Gasteiger partial charge is 0.336 e. The Morgan fingerprint density at radius 3 is 2.69 bits per heavy atom. The Balaban J connectivity index is 2.05. The zero-order valence-electron chi connectivity index (χ0n) is 15.6. The van der Waals surface area contributed by atoms with Gasteiger partial charge in [-0.15, -0.1) is 0 Å². The zero-order valence-corrected chi connectivity index (χ0v) is 15.6. The quantitative estimate of drug-likeness (QED) is 0.608. The van der Waals surface area contributed by atoms with Gasteiger partial charge < -0.3 is 14.6 Å². The van der Waals surface area contributed by atoms with E-state index in [1.807, 2.05) is 13.0 Å². The number of rotatable bonds is 3. The van der Waals surface area contributed by atoms with Crippen LogP contribution in [0.15, 0.2) is 24.3 Å². The SMILES string of the molecule is C=C(C(=O)OC1C2C(CC(C)C3C=CC(=O)C31C)OC(=O)C2C)C(C)O. The van der Waals surface area contributed by atoms with Crippen molar-refractivity contribution in [3.05, 3.63) is 24.3 Å². The van der Waals surface area contributed by atoms with Crippen LogP contribution in [0.5, 0.6) is 0 Å².